The van der Waals surface area contributed by atoms with Crippen LogP contribution in [-0.2, 0) is 17.8 Å². The predicted molar refractivity (Wildman–Crippen MR) is 129 cm³/mol. The zero-order chi connectivity index (χ0) is 20.4. The van der Waals surface area contributed by atoms with Crippen LogP contribution in [0.4, 0.5) is 4.79 Å². The number of carbonyl (C=O) groups is 1. The number of hydrogen-bond acceptors (Lipinski definition) is 4. The molecule has 1 fully saturated rings. The van der Waals surface area contributed by atoms with E-state index in [1.54, 1.807) is 4.90 Å². The molecule has 1 aliphatic rings. The molecule has 0 saturated carbocycles. The molecule has 0 atom stereocenters. The first-order chi connectivity index (χ1) is 13.6. The number of rotatable bonds is 8. The summed E-state index contributed by atoms with van der Waals surface area (Å²) in [6.45, 7) is 11.5. The lowest BCUT2D eigenvalue weighted by atomic mass is 10.1. The van der Waals surface area contributed by atoms with E-state index in [9.17, 15) is 4.79 Å². The van der Waals surface area contributed by atoms with Gasteiger partial charge in [0.25, 0.3) is 0 Å². The van der Waals surface area contributed by atoms with Crippen molar-refractivity contribution in [2.45, 2.75) is 52.7 Å². The predicted octanol–water partition coefficient (Wildman–Crippen LogP) is 3.17. The van der Waals surface area contributed by atoms with E-state index in [2.05, 4.69) is 47.3 Å². The molecule has 1 aromatic rings. The normalized spacial score (nSPS) is 15.2. The van der Waals surface area contributed by atoms with Gasteiger partial charge in [-0.2, -0.15) is 0 Å². The van der Waals surface area contributed by atoms with Gasteiger partial charge in [0.1, 0.15) is 0 Å². The van der Waals surface area contributed by atoms with E-state index >= 15 is 0 Å². The highest BCUT2D eigenvalue weighted by atomic mass is 127. The van der Waals surface area contributed by atoms with Gasteiger partial charge in [0.15, 0.2) is 5.96 Å². The molecule has 29 heavy (non-hydrogen) atoms. The Balaban J connectivity index is 0.00000420. The molecule has 1 heterocycles. The summed E-state index contributed by atoms with van der Waals surface area (Å²) in [6.07, 6.45) is 1.45. The van der Waals surface area contributed by atoms with Crippen LogP contribution >= 0.6 is 24.0 Å². The second kappa shape index (κ2) is 13.6. The SMILES string of the molecule is CCOC(=O)N1CCC(NC(N)=NCc2ccccc2CN(CC)CC)CC1.I. The lowest BCUT2D eigenvalue weighted by Gasteiger charge is -2.31. The van der Waals surface area contributed by atoms with E-state index in [0.717, 1.165) is 32.5 Å². The van der Waals surface area contributed by atoms with Gasteiger partial charge in [-0.1, -0.05) is 38.1 Å². The highest BCUT2D eigenvalue weighted by Crippen LogP contribution is 2.14. The Morgan fingerprint density at radius 2 is 1.83 bits per heavy atom. The first-order valence-corrected chi connectivity index (χ1v) is 10.3. The maximum atomic E-state index is 11.8. The van der Waals surface area contributed by atoms with Crippen LogP contribution in [0.3, 0.4) is 0 Å². The largest absolute Gasteiger partial charge is 0.450 e. The van der Waals surface area contributed by atoms with E-state index in [1.165, 1.54) is 11.1 Å². The van der Waals surface area contributed by atoms with Gasteiger partial charge in [-0.3, -0.25) is 4.90 Å². The maximum Gasteiger partial charge on any atom is 0.409 e. The number of hydrogen-bond donors (Lipinski definition) is 2. The van der Waals surface area contributed by atoms with Gasteiger partial charge >= 0.3 is 6.09 Å². The minimum absolute atomic E-state index is 0. The van der Waals surface area contributed by atoms with Crippen molar-refractivity contribution in [2.75, 3.05) is 32.8 Å². The topological polar surface area (TPSA) is 83.2 Å². The van der Waals surface area contributed by atoms with E-state index in [-0.39, 0.29) is 36.1 Å². The molecule has 1 aromatic carbocycles. The molecule has 0 unspecified atom stereocenters. The molecule has 7 nitrogen and oxygen atoms in total. The summed E-state index contributed by atoms with van der Waals surface area (Å²) in [7, 11) is 0. The molecule has 164 valence electrons. The molecule has 0 bridgehead atoms. The smallest absolute Gasteiger partial charge is 0.409 e. The number of amides is 1. The first kappa shape index (κ1) is 25.5. The number of piperidine rings is 1. The lowest BCUT2D eigenvalue weighted by molar-refractivity contribution is 0.0963. The number of nitrogens with zero attached hydrogens (tertiary/aromatic N) is 3. The minimum Gasteiger partial charge on any atom is -0.450 e. The Morgan fingerprint density at radius 3 is 2.41 bits per heavy atom. The molecular weight excluding hydrogens is 481 g/mol. The van der Waals surface area contributed by atoms with E-state index in [4.69, 9.17) is 10.5 Å². The summed E-state index contributed by atoms with van der Waals surface area (Å²) in [6, 6.07) is 8.64. The highest BCUT2D eigenvalue weighted by Gasteiger charge is 2.23. The molecule has 8 heteroatoms. The summed E-state index contributed by atoms with van der Waals surface area (Å²) < 4.78 is 5.05. The number of halogens is 1. The van der Waals surface area contributed by atoms with Gasteiger partial charge in [-0.25, -0.2) is 9.79 Å². The number of nitrogens with one attached hydrogen (secondary N) is 1. The maximum absolute atomic E-state index is 11.8. The summed E-state index contributed by atoms with van der Waals surface area (Å²) in [5.41, 5.74) is 8.62. The van der Waals surface area contributed by atoms with Crippen molar-refractivity contribution < 1.29 is 9.53 Å². The second-order valence-electron chi connectivity index (χ2n) is 7.04. The van der Waals surface area contributed by atoms with Gasteiger partial charge in [-0.05, 0) is 44.0 Å². The standard InChI is InChI=1S/C21H35N5O2.HI/c1-4-25(5-2)16-18-10-8-7-9-17(18)15-23-20(22)24-19-11-13-26(14-12-19)21(27)28-6-3;/h7-10,19H,4-6,11-16H2,1-3H3,(H3,22,23,24);1H. The Labute approximate surface area is 192 Å². The number of guanidine groups is 1. The van der Waals surface area contributed by atoms with Crippen LogP contribution in [0.5, 0.6) is 0 Å². The van der Waals surface area contributed by atoms with Crippen molar-refractivity contribution in [1.29, 1.82) is 0 Å². The Hall–Kier alpha value is -1.55. The van der Waals surface area contributed by atoms with Gasteiger partial charge < -0.3 is 20.7 Å². The van der Waals surface area contributed by atoms with Gasteiger partial charge in [-0.15, -0.1) is 24.0 Å². The molecule has 1 amide bonds. The van der Waals surface area contributed by atoms with Crippen LogP contribution in [-0.4, -0.2) is 60.7 Å². The average Bonchev–Trinajstić information content (AvgIpc) is 2.72. The van der Waals surface area contributed by atoms with E-state index in [0.29, 0.717) is 32.2 Å². The van der Waals surface area contributed by atoms with E-state index in [1.807, 2.05) is 13.0 Å². The summed E-state index contributed by atoms with van der Waals surface area (Å²) >= 11 is 0. The number of carbonyl (C=O) groups excluding carboxylic acids is 1. The molecule has 0 aliphatic carbocycles. The third-order valence-corrected chi connectivity index (χ3v) is 5.20. The van der Waals surface area contributed by atoms with Crippen molar-refractivity contribution >= 4 is 36.0 Å². The van der Waals surface area contributed by atoms with Crippen LogP contribution in [0.1, 0.15) is 44.7 Å². The first-order valence-electron chi connectivity index (χ1n) is 10.3. The average molecular weight is 517 g/mol. The number of ether oxygens (including phenoxy) is 1. The van der Waals surface area contributed by atoms with Crippen LogP contribution in [0.25, 0.3) is 0 Å². The van der Waals surface area contributed by atoms with Crippen LogP contribution < -0.4 is 11.1 Å². The molecule has 2 rings (SSSR count). The summed E-state index contributed by atoms with van der Waals surface area (Å²) in [5.74, 6) is 0.465. The lowest BCUT2D eigenvalue weighted by Crippen LogP contribution is -2.48. The molecular formula is C21H36IN5O2. The second-order valence-corrected chi connectivity index (χ2v) is 7.04. The molecule has 0 radical (unpaired) electrons. The Kier molecular flexibility index (Phi) is 12.0. The van der Waals surface area contributed by atoms with Crippen LogP contribution in [0, 0.1) is 0 Å². The number of nitrogens with two attached hydrogens (primary N) is 1. The molecule has 3 N–H and O–H groups in total. The van der Waals surface area contributed by atoms with Gasteiger partial charge in [0.05, 0.1) is 13.2 Å². The van der Waals surface area contributed by atoms with Crippen molar-refractivity contribution in [3.8, 4) is 0 Å². The van der Waals surface area contributed by atoms with Gasteiger partial charge in [0.2, 0.25) is 0 Å². The van der Waals surface area contributed by atoms with Gasteiger partial charge in [0, 0.05) is 25.7 Å². The third-order valence-electron chi connectivity index (χ3n) is 5.20. The Morgan fingerprint density at radius 1 is 1.21 bits per heavy atom. The summed E-state index contributed by atoms with van der Waals surface area (Å²) in [5, 5.41) is 3.30. The van der Waals surface area contributed by atoms with Crippen LogP contribution in [0.2, 0.25) is 0 Å². The number of aliphatic imine (C=N–C) groups is 1. The minimum atomic E-state index is -0.229. The molecule has 0 spiro atoms. The van der Waals surface area contributed by atoms with Crippen molar-refractivity contribution in [3.63, 3.8) is 0 Å². The molecule has 0 aromatic heterocycles. The quantitative estimate of drug-likeness (QED) is 0.315. The fraction of sp³-hybridized carbons (Fsp3) is 0.619. The zero-order valence-corrected chi connectivity index (χ0v) is 20.2. The fourth-order valence-corrected chi connectivity index (χ4v) is 3.40. The molecule has 1 saturated heterocycles. The fourth-order valence-electron chi connectivity index (χ4n) is 3.40. The number of benzene rings is 1. The van der Waals surface area contributed by atoms with Crippen molar-refractivity contribution in [1.82, 2.24) is 15.1 Å². The van der Waals surface area contributed by atoms with Crippen molar-refractivity contribution in [2.24, 2.45) is 10.7 Å². The summed E-state index contributed by atoms with van der Waals surface area (Å²) in [4.78, 5) is 20.5. The zero-order valence-electron chi connectivity index (χ0n) is 17.9. The van der Waals surface area contributed by atoms with E-state index < -0.39 is 0 Å². The number of likely N-dealkylation sites (tertiary alicyclic amines) is 1. The monoisotopic (exact) mass is 517 g/mol. The van der Waals surface area contributed by atoms with Crippen molar-refractivity contribution in [3.05, 3.63) is 35.4 Å². The highest BCUT2D eigenvalue weighted by molar-refractivity contribution is 14.0. The third kappa shape index (κ3) is 8.38. The Bertz CT molecular complexity index is 644. The van der Waals surface area contributed by atoms with Crippen LogP contribution in [0.15, 0.2) is 29.3 Å². The molecule has 1 aliphatic heterocycles.